The van der Waals surface area contributed by atoms with Gasteiger partial charge < -0.3 is 4.74 Å². The van der Waals surface area contributed by atoms with Gasteiger partial charge in [-0.2, -0.15) is 0 Å². The minimum atomic E-state index is -0.165. The molecule has 0 aliphatic heterocycles. The Morgan fingerprint density at radius 3 is 1.76 bits per heavy atom. The SMILES string of the molecule is CCCCCCCC1CCC(C2CCC(CCC3CCC(CCC)CC3)(C(=O)OC)CC2)CC1. The van der Waals surface area contributed by atoms with Crippen molar-refractivity contribution in [2.24, 2.45) is 35.0 Å². The van der Waals surface area contributed by atoms with Crippen molar-refractivity contribution in [2.75, 3.05) is 7.11 Å². The number of ether oxygens (including phenoxy) is 1. The number of methoxy groups -OCH3 is 1. The number of rotatable bonds is 13. The number of carbonyl (C=O) groups excluding carboxylic acids is 1. The number of hydrogen-bond donors (Lipinski definition) is 0. The Morgan fingerprint density at radius 2 is 1.18 bits per heavy atom. The van der Waals surface area contributed by atoms with Crippen molar-refractivity contribution >= 4 is 5.97 Å². The van der Waals surface area contributed by atoms with Crippen molar-refractivity contribution in [1.29, 1.82) is 0 Å². The quantitative estimate of drug-likeness (QED) is 0.196. The molecular formula is C32H58O2. The van der Waals surface area contributed by atoms with E-state index in [2.05, 4.69) is 13.8 Å². The average Bonchev–Trinajstić information content (AvgIpc) is 2.88. The Hall–Kier alpha value is -0.530. The van der Waals surface area contributed by atoms with Crippen LogP contribution in [0.25, 0.3) is 0 Å². The third-order valence-corrected chi connectivity index (χ3v) is 10.6. The summed E-state index contributed by atoms with van der Waals surface area (Å²) in [5, 5.41) is 0. The standard InChI is InChI=1S/C32H58O2/c1-4-6-7-8-9-11-27-16-18-29(19-17-27)30-21-24-32(25-22-30,31(33)34-3)23-20-28-14-12-26(10-5-2)13-15-28/h26-30H,4-25H2,1-3H3. The Kier molecular flexibility index (Phi) is 12.3. The minimum Gasteiger partial charge on any atom is -0.469 e. The minimum absolute atomic E-state index is 0.109. The highest BCUT2D eigenvalue weighted by atomic mass is 16.5. The van der Waals surface area contributed by atoms with E-state index in [-0.39, 0.29) is 11.4 Å². The van der Waals surface area contributed by atoms with E-state index >= 15 is 0 Å². The molecule has 3 rings (SSSR count). The third-order valence-electron chi connectivity index (χ3n) is 10.6. The molecule has 2 heteroatoms. The zero-order valence-corrected chi connectivity index (χ0v) is 23.3. The van der Waals surface area contributed by atoms with E-state index in [4.69, 9.17) is 4.74 Å². The van der Waals surface area contributed by atoms with Gasteiger partial charge in [-0.25, -0.2) is 0 Å². The molecule has 2 nitrogen and oxygen atoms in total. The molecule has 0 amide bonds. The molecule has 3 saturated carbocycles. The van der Waals surface area contributed by atoms with Crippen molar-refractivity contribution in [3.63, 3.8) is 0 Å². The molecule has 0 aromatic rings. The Labute approximate surface area is 212 Å². The van der Waals surface area contributed by atoms with Crippen LogP contribution in [0.2, 0.25) is 0 Å². The van der Waals surface area contributed by atoms with Gasteiger partial charge in [-0.15, -0.1) is 0 Å². The molecule has 0 unspecified atom stereocenters. The Morgan fingerprint density at radius 1 is 0.647 bits per heavy atom. The van der Waals surface area contributed by atoms with Gasteiger partial charge in [-0.05, 0) is 81.0 Å². The van der Waals surface area contributed by atoms with Crippen LogP contribution < -0.4 is 0 Å². The van der Waals surface area contributed by atoms with Gasteiger partial charge in [0.25, 0.3) is 0 Å². The highest BCUT2D eigenvalue weighted by molar-refractivity contribution is 5.76. The first-order valence-electron chi connectivity index (χ1n) is 15.7. The molecule has 3 aliphatic rings. The summed E-state index contributed by atoms with van der Waals surface area (Å²) in [5.74, 6) is 4.74. The summed E-state index contributed by atoms with van der Waals surface area (Å²) in [6.45, 7) is 4.63. The van der Waals surface area contributed by atoms with Crippen LogP contribution in [-0.2, 0) is 9.53 Å². The Balaban J connectivity index is 1.39. The van der Waals surface area contributed by atoms with Crippen LogP contribution in [0.1, 0.15) is 155 Å². The third kappa shape index (κ3) is 8.26. The molecule has 0 aromatic heterocycles. The van der Waals surface area contributed by atoms with Crippen LogP contribution in [0.3, 0.4) is 0 Å². The summed E-state index contributed by atoms with van der Waals surface area (Å²) < 4.78 is 5.40. The molecule has 0 bridgehead atoms. The first-order valence-corrected chi connectivity index (χ1v) is 15.7. The molecule has 3 fully saturated rings. The summed E-state index contributed by atoms with van der Waals surface area (Å²) >= 11 is 0. The molecule has 3 aliphatic carbocycles. The van der Waals surface area contributed by atoms with Crippen LogP contribution in [0.5, 0.6) is 0 Å². The first kappa shape index (κ1) is 28.0. The summed E-state index contributed by atoms with van der Waals surface area (Å²) in [4.78, 5) is 13.0. The number of esters is 1. The van der Waals surface area contributed by atoms with Crippen molar-refractivity contribution < 1.29 is 9.53 Å². The normalized spacial score (nSPS) is 34.6. The number of carbonyl (C=O) groups is 1. The summed E-state index contributed by atoms with van der Waals surface area (Å²) in [6.07, 6.45) is 29.9. The first-order chi connectivity index (χ1) is 16.6. The second kappa shape index (κ2) is 14.9. The van der Waals surface area contributed by atoms with E-state index in [0.717, 1.165) is 48.9 Å². The van der Waals surface area contributed by atoms with Gasteiger partial charge in [-0.3, -0.25) is 4.79 Å². The van der Waals surface area contributed by atoms with Gasteiger partial charge in [0.05, 0.1) is 12.5 Å². The molecule has 0 atom stereocenters. The van der Waals surface area contributed by atoms with Crippen LogP contribution in [-0.4, -0.2) is 13.1 Å². The fourth-order valence-electron chi connectivity index (χ4n) is 8.12. The van der Waals surface area contributed by atoms with Crippen LogP contribution in [0.4, 0.5) is 0 Å². The maximum Gasteiger partial charge on any atom is 0.311 e. The largest absolute Gasteiger partial charge is 0.469 e. The maximum absolute atomic E-state index is 13.0. The summed E-state index contributed by atoms with van der Waals surface area (Å²) in [5.41, 5.74) is -0.165. The van der Waals surface area contributed by atoms with Crippen LogP contribution >= 0.6 is 0 Å². The monoisotopic (exact) mass is 474 g/mol. The lowest BCUT2D eigenvalue weighted by Crippen LogP contribution is -2.39. The Bertz CT molecular complexity index is 545. The van der Waals surface area contributed by atoms with Crippen molar-refractivity contribution in [3.05, 3.63) is 0 Å². The van der Waals surface area contributed by atoms with Gasteiger partial charge in [0, 0.05) is 0 Å². The van der Waals surface area contributed by atoms with E-state index in [1.807, 2.05) is 0 Å². The molecule has 0 radical (unpaired) electrons. The zero-order valence-electron chi connectivity index (χ0n) is 23.3. The highest BCUT2D eigenvalue weighted by Crippen LogP contribution is 2.49. The number of unbranched alkanes of at least 4 members (excludes halogenated alkanes) is 4. The summed E-state index contributed by atoms with van der Waals surface area (Å²) in [6, 6.07) is 0. The molecule has 34 heavy (non-hydrogen) atoms. The predicted octanol–water partition coefficient (Wildman–Crippen LogP) is 9.89. The van der Waals surface area contributed by atoms with E-state index in [0.29, 0.717) is 0 Å². The van der Waals surface area contributed by atoms with E-state index < -0.39 is 0 Å². The maximum atomic E-state index is 13.0. The topological polar surface area (TPSA) is 26.3 Å². The van der Waals surface area contributed by atoms with E-state index in [1.165, 1.54) is 122 Å². The van der Waals surface area contributed by atoms with Crippen molar-refractivity contribution in [1.82, 2.24) is 0 Å². The smallest absolute Gasteiger partial charge is 0.311 e. The molecule has 198 valence electrons. The van der Waals surface area contributed by atoms with Gasteiger partial charge >= 0.3 is 5.97 Å². The second-order valence-electron chi connectivity index (χ2n) is 12.8. The lowest BCUT2D eigenvalue weighted by Gasteiger charge is -2.43. The van der Waals surface area contributed by atoms with Crippen molar-refractivity contribution in [3.8, 4) is 0 Å². The van der Waals surface area contributed by atoms with Crippen molar-refractivity contribution in [2.45, 2.75) is 155 Å². The lowest BCUT2D eigenvalue weighted by molar-refractivity contribution is -0.157. The van der Waals surface area contributed by atoms with Crippen LogP contribution in [0, 0.1) is 35.0 Å². The van der Waals surface area contributed by atoms with Gasteiger partial charge in [0.15, 0.2) is 0 Å². The van der Waals surface area contributed by atoms with E-state index in [9.17, 15) is 4.79 Å². The zero-order chi connectivity index (χ0) is 24.2. The van der Waals surface area contributed by atoms with Crippen LogP contribution in [0.15, 0.2) is 0 Å². The molecule has 0 aromatic carbocycles. The fourth-order valence-corrected chi connectivity index (χ4v) is 8.12. The fraction of sp³-hybridized carbons (Fsp3) is 0.969. The van der Waals surface area contributed by atoms with Gasteiger partial charge in [-0.1, -0.05) is 104 Å². The lowest BCUT2D eigenvalue weighted by atomic mass is 9.62. The molecule has 0 saturated heterocycles. The number of hydrogen-bond acceptors (Lipinski definition) is 2. The van der Waals surface area contributed by atoms with Gasteiger partial charge in [0.1, 0.15) is 0 Å². The molecule has 0 spiro atoms. The highest BCUT2D eigenvalue weighted by Gasteiger charge is 2.44. The average molecular weight is 475 g/mol. The molecular weight excluding hydrogens is 416 g/mol. The molecule has 0 heterocycles. The van der Waals surface area contributed by atoms with E-state index in [1.54, 1.807) is 7.11 Å². The van der Waals surface area contributed by atoms with Gasteiger partial charge in [0.2, 0.25) is 0 Å². The second-order valence-corrected chi connectivity index (χ2v) is 12.8. The summed E-state index contributed by atoms with van der Waals surface area (Å²) in [7, 11) is 1.62. The predicted molar refractivity (Wildman–Crippen MR) is 145 cm³/mol. The molecule has 0 N–H and O–H groups in total.